The topological polar surface area (TPSA) is 38.7 Å². The maximum atomic E-state index is 9.52. The van der Waals surface area contributed by atoms with E-state index in [1.54, 1.807) is 0 Å². The Hall–Kier alpha value is -0.786. The number of aliphatic hydroxyl groups is 1. The van der Waals surface area contributed by atoms with E-state index in [9.17, 15) is 5.11 Å². The van der Waals surface area contributed by atoms with Gasteiger partial charge in [-0.25, -0.2) is 0 Å². The van der Waals surface area contributed by atoms with Gasteiger partial charge in [0.05, 0.1) is 0 Å². The molecule has 1 fully saturated rings. The summed E-state index contributed by atoms with van der Waals surface area (Å²) >= 11 is 0. The molecule has 0 spiro atoms. The number of hydrogen-bond donors (Lipinski definition) is 1. The van der Waals surface area contributed by atoms with Crippen molar-refractivity contribution in [1.29, 1.82) is 0 Å². The largest absolute Gasteiger partial charge is 0.543 e. The van der Waals surface area contributed by atoms with Gasteiger partial charge in [0, 0.05) is 12.7 Å². The van der Waals surface area contributed by atoms with E-state index in [1.807, 2.05) is 0 Å². The third-order valence-corrected chi connectivity index (χ3v) is 16.6. The van der Waals surface area contributed by atoms with Crippen molar-refractivity contribution in [2.75, 3.05) is 6.61 Å². The minimum atomic E-state index is -1.96. The molecule has 30 heavy (non-hydrogen) atoms. The van der Waals surface area contributed by atoms with Crippen LogP contribution in [0.25, 0.3) is 0 Å². The fourth-order valence-corrected chi connectivity index (χ4v) is 5.59. The molecule has 0 bridgehead atoms. The van der Waals surface area contributed by atoms with Crippen LogP contribution in [0, 0.1) is 5.92 Å². The maximum absolute atomic E-state index is 9.52. The first kappa shape index (κ1) is 25.5. The van der Waals surface area contributed by atoms with Gasteiger partial charge in [-0.2, -0.15) is 0 Å². The molecule has 1 saturated carbocycles. The zero-order valence-corrected chi connectivity index (χ0v) is 23.2. The first-order valence-electron chi connectivity index (χ1n) is 11.7. The zero-order valence-electron chi connectivity index (χ0n) is 21.2. The molecule has 3 nitrogen and oxygen atoms in total. The predicted molar refractivity (Wildman–Crippen MR) is 134 cm³/mol. The van der Waals surface area contributed by atoms with E-state index in [4.69, 9.17) is 8.85 Å². The summed E-state index contributed by atoms with van der Waals surface area (Å²) in [4.78, 5) is 0. The van der Waals surface area contributed by atoms with Crippen molar-refractivity contribution >= 4 is 16.6 Å². The van der Waals surface area contributed by atoms with Crippen molar-refractivity contribution in [1.82, 2.24) is 0 Å². The Morgan fingerprint density at radius 2 is 1.33 bits per heavy atom. The van der Waals surface area contributed by atoms with Crippen LogP contribution in [0.2, 0.25) is 36.3 Å². The minimum absolute atomic E-state index is 0.148. The molecule has 5 heteroatoms. The Balaban J connectivity index is 2.39. The molecular weight excluding hydrogens is 404 g/mol. The van der Waals surface area contributed by atoms with Crippen LogP contribution in [0.5, 0.6) is 11.5 Å². The average Bonchev–Trinajstić information content (AvgIpc) is 2.59. The number of rotatable bonds is 6. The second kappa shape index (κ2) is 8.99. The summed E-state index contributed by atoms with van der Waals surface area (Å²) in [5, 5.41) is 9.83. The fourth-order valence-electron chi connectivity index (χ4n) is 3.54. The Bertz CT molecular complexity index is 706. The van der Waals surface area contributed by atoms with Crippen molar-refractivity contribution in [3.63, 3.8) is 0 Å². The first-order chi connectivity index (χ1) is 13.6. The Morgan fingerprint density at radius 3 is 1.80 bits per heavy atom. The molecule has 1 N–H and O–H groups in total. The quantitative estimate of drug-likeness (QED) is 0.451. The van der Waals surface area contributed by atoms with Crippen molar-refractivity contribution in [3.8, 4) is 11.5 Å². The lowest BCUT2D eigenvalue weighted by molar-refractivity contribution is 0.182. The predicted octanol–water partition coefficient (Wildman–Crippen LogP) is 7.72. The van der Waals surface area contributed by atoms with Gasteiger partial charge in [-0.1, -0.05) is 47.6 Å². The second-order valence-electron chi connectivity index (χ2n) is 12.3. The molecule has 1 aromatic rings. The molecule has 0 atom stereocenters. The molecule has 172 valence electrons. The van der Waals surface area contributed by atoms with Crippen LogP contribution in [0.15, 0.2) is 18.2 Å². The summed E-state index contributed by atoms with van der Waals surface area (Å²) in [6.45, 7) is 23.3. The van der Waals surface area contributed by atoms with Crippen LogP contribution in [0.3, 0.4) is 0 Å². The van der Waals surface area contributed by atoms with E-state index in [0.717, 1.165) is 37.2 Å². The monoisotopic (exact) mass is 450 g/mol. The third-order valence-electron chi connectivity index (χ3n) is 7.88. The number of aliphatic hydroxyl groups excluding tert-OH is 1. The molecular formula is C25H46O3Si2. The van der Waals surface area contributed by atoms with Gasteiger partial charge in [-0.3, -0.25) is 0 Å². The van der Waals surface area contributed by atoms with Gasteiger partial charge in [-0.15, -0.1) is 0 Å². The summed E-state index contributed by atoms with van der Waals surface area (Å²) in [6.07, 6.45) is 4.45. The molecule has 1 aromatic carbocycles. The number of benzene rings is 1. The highest BCUT2D eigenvalue weighted by molar-refractivity contribution is 6.75. The maximum Gasteiger partial charge on any atom is 0.250 e. The lowest BCUT2D eigenvalue weighted by Gasteiger charge is -2.39. The molecule has 0 aliphatic heterocycles. The summed E-state index contributed by atoms with van der Waals surface area (Å²) in [6, 6.07) is 6.59. The summed E-state index contributed by atoms with van der Waals surface area (Å²) in [7, 11) is -3.87. The molecule has 1 aliphatic rings. The van der Waals surface area contributed by atoms with Crippen molar-refractivity contribution in [3.05, 3.63) is 23.8 Å². The van der Waals surface area contributed by atoms with E-state index in [-0.39, 0.29) is 10.1 Å². The lowest BCUT2D eigenvalue weighted by Crippen LogP contribution is -2.44. The van der Waals surface area contributed by atoms with Gasteiger partial charge < -0.3 is 14.0 Å². The van der Waals surface area contributed by atoms with Crippen molar-refractivity contribution < 1.29 is 14.0 Å². The van der Waals surface area contributed by atoms with Crippen molar-refractivity contribution in [2.24, 2.45) is 5.92 Å². The van der Waals surface area contributed by atoms with E-state index in [0.29, 0.717) is 18.4 Å². The highest BCUT2D eigenvalue weighted by Gasteiger charge is 2.41. The van der Waals surface area contributed by atoms with Crippen LogP contribution in [-0.4, -0.2) is 28.3 Å². The normalized spacial score (nSPS) is 21.4. The molecule has 0 aromatic heterocycles. The van der Waals surface area contributed by atoms with E-state index in [1.165, 1.54) is 5.56 Å². The summed E-state index contributed by atoms with van der Waals surface area (Å²) < 4.78 is 13.5. The Morgan fingerprint density at radius 1 is 0.833 bits per heavy atom. The Labute approximate surface area is 187 Å². The average molecular weight is 451 g/mol. The Kier molecular flexibility index (Phi) is 7.63. The zero-order chi connectivity index (χ0) is 23.0. The van der Waals surface area contributed by atoms with Gasteiger partial charge in [0.1, 0.15) is 11.5 Å². The molecule has 0 radical (unpaired) electrons. The van der Waals surface area contributed by atoms with Crippen LogP contribution in [0.1, 0.15) is 78.7 Å². The number of hydrogen-bond acceptors (Lipinski definition) is 3. The third kappa shape index (κ3) is 5.92. The first-order valence-corrected chi connectivity index (χ1v) is 17.5. The van der Waals surface area contributed by atoms with Crippen LogP contribution in [0.4, 0.5) is 0 Å². The molecule has 0 amide bonds. The standard InChI is InChI=1S/C25H46O3Si2/c1-24(2,3)29(7,8)27-21-15-16-22(20-13-11-19(18-26)12-14-20)23(17-21)28-30(9,10)25(4,5)6/h15-17,19-20,26H,11-14,18H2,1-10H3. The van der Waals surface area contributed by atoms with Crippen LogP contribution >= 0.6 is 0 Å². The van der Waals surface area contributed by atoms with E-state index < -0.39 is 16.6 Å². The van der Waals surface area contributed by atoms with Gasteiger partial charge >= 0.3 is 0 Å². The van der Waals surface area contributed by atoms with Gasteiger partial charge in [0.25, 0.3) is 0 Å². The van der Waals surface area contributed by atoms with Crippen LogP contribution in [-0.2, 0) is 0 Å². The fraction of sp³-hybridized carbons (Fsp3) is 0.760. The van der Waals surface area contributed by atoms with E-state index in [2.05, 4.69) is 85.9 Å². The smallest absolute Gasteiger partial charge is 0.250 e. The van der Waals surface area contributed by atoms with Crippen molar-refractivity contribution in [2.45, 2.75) is 109 Å². The SMILES string of the molecule is CC(C)(C)[Si](C)(C)Oc1ccc(C2CCC(CO)CC2)c(O[Si](C)(C)C(C)(C)C)c1. The van der Waals surface area contributed by atoms with E-state index >= 15 is 0 Å². The highest BCUT2D eigenvalue weighted by atomic mass is 28.4. The molecule has 1 aliphatic carbocycles. The summed E-state index contributed by atoms with van der Waals surface area (Å²) in [5.41, 5.74) is 1.33. The second-order valence-corrected chi connectivity index (χ2v) is 21.8. The lowest BCUT2D eigenvalue weighted by atomic mass is 9.79. The van der Waals surface area contributed by atoms with Crippen LogP contribution < -0.4 is 8.85 Å². The molecule has 2 rings (SSSR count). The summed E-state index contributed by atoms with van der Waals surface area (Å²) in [5.74, 6) is 2.95. The molecule has 0 heterocycles. The van der Waals surface area contributed by atoms with Gasteiger partial charge in [0.2, 0.25) is 16.6 Å². The minimum Gasteiger partial charge on any atom is -0.543 e. The molecule has 0 unspecified atom stereocenters. The van der Waals surface area contributed by atoms with Gasteiger partial charge in [0.15, 0.2) is 0 Å². The molecule has 0 saturated heterocycles. The van der Waals surface area contributed by atoms with Gasteiger partial charge in [-0.05, 0) is 85.4 Å². The highest BCUT2D eigenvalue weighted by Crippen LogP contribution is 2.45.